The molecule has 0 saturated carbocycles. The number of nitrogens with two attached hydrogens (primary N) is 1. The largest absolute Gasteiger partial charge is 0.383 e. The molecular weight excluding hydrogens is 220 g/mol. The number of aryl methyl sites for hydroxylation is 2. The van der Waals surface area contributed by atoms with E-state index in [9.17, 15) is 0 Å². The molecule has 0 radical (unpaired) electrons. The van der Waals surface area contributed by atoms with Crippen LogP contribution in [-0.4, -0.2) is 4.98 Å². The van der Waals surface area contributed by atoms with Crippen LogP contribution in [0.15, 0.2) is 18.2 Å². The van der Waals surface area contributed by atoms with E-state index in [0.717, 1.165) is 39.9 Å². The summed E-state index contributed by atoms with van der Waals surface area (Å²) >= 11 is 6.06. The Kier molecular flexibility index (Phi) is 3.01. The van der Waals surface area contributed by atoms with Crippen LogP contribution in [0.4, 0.5) is 5.82 Å². The molecule has 2 rings (SSSR count). The molecule has 84 valence electrons. The Morgan fingerprint density at radius 1 is 1.31 bits per heavy atom. The molecule has 0 bridgehead atoms. The third kappa shape index (κ3) is 1.98. The molecule has 2 aromatic rings. The number of rotatable bonds is 2. The molecule has 0 aliphatic rings. The van der Waals surface area contributed by atoms with Crippen molar-refractivity contribution in [1.82, 2.24) is 4.98 Å². The van der Waals surface area contributed by atoms with Gasteiger partial charge in [0.15, 0.2) is 0 Å². The zero-order chi connectivity index (χ0) is 11.7. The van der Waals surface area contributed by atoms with E-state index in [2.05, 4.69) is 24.0 Å². The number of nitrogen functional groups attached to an aromatic ring is 1. The van der Waals surface area contributed by atoms with Crippen molar-refractivity contribution in [3.63, 3.8) is 0 Å². The highest BCUT2D eigenvalue weighted by molar-refractivity contribution is 6.32. The summed E-state index contributed by atoms with van der Waals surface area (Å²) in [4.78, 5) is 4.39. The number of hydrogen-bond donors (Lipinski definition) is 1. The lowest BCUT2D eigenvalue weighted by Gasteiger charge is -2.07. The first kappa shape index (κ1) is 11.2. The highest BCUT2D eigenvalue weighted by Gasteiger charge is 2.05. The molecule has 0 spiro atoms. The molecule has 2 nitrogen and oxygen atoms in total. The normalized spacial score (nSPS) is 10.9. The van der Waals surface area contributed by atoms with Gasteiger partial charge in [0.05, 0.1) is 5.52 Å². The summed E-state index contributed by atoms with van der Waals surface area (Å²) in [5.74, 6) is 0.620. The topological polar surface area (TPSA) is 38.9 Å². The van der Waals surface area contributed by atoms with E-state index in [1.165, 1.54) is 0 Å². The molecule has 2 N–H and O–H groups in total. The van der Waals surface area contributed by atoms with Gasteiger partial charge in [0, 0.05) is 10.4 Å². The predicted molar refractivity (Wildman–Crippen MR) is 69.9 cm³/mol. The third-order valence-corrected chi connectivity index (χ3v) is 3.13. The van der Waals surface area contributed by atoms with Crippen LogP contribution >= 0.6 is 11.6 Å². The summed E-state index contributed by atoms with van der Waals surface area (Å²) in [7, 11) is 0. The summed E-state index contributed by atoms with van der Waals surface area (Å²) in [6.07, 6.45) is 2.04. The lowest BCUT2D eigenvalue weighted by Crippen LogP contribution is -1.98. The smallest absolute Gasteiger partial charge is 0.127 e. The van der Waals surface area contributed by atoms with Gasteiger partial charge >= 0.3 is 0 Å². The fraction of sp³-hybridized carbons (Fsp3) is 0.308. The molecule has 1 heterocycles. The minimum atomic E-state index is 0.620. The number of halogens is 1. The van der Waals surface area contributed by atoms with Crippen LogP contribution in [0.5, 0.6) is 0 Å². The molecule has 1 aromatic carbocycles. The fourth-order valence-corrected chi connectivity index (χ4v) is 2.00. The molecule has 1 aromatic heterocycles. The van der Waals surface area contributed by atoms with Crippen molar-refractivity contribution in [2.75, 3.05) is 5.73 Å². The van der Waals surface area contributed by atoms with E-state index in [1.807, 2.05) is 13.0 Å². The summed E-state index contributed by atoms with van der Waals surface area (Å²) in [5.41, 5.74) is 8.97. The van der Waals surface area contributed by atoms with Gasteiger partial charge in [0.1, 0.15) is 5.82 Å². The minimum absolute atomic E-state index is 0.620. The van der Waals surface area contributed by atoms with Crippen molar-refractivity contribution in [3.8, 4) is 0 Å². The van der Waals surface area contributed by atoms with Crippen molar-refractivity contribution in [1.29, 1.82) is 0 Å². The molecule has 0 atom stereocenters. The van der Waals surface area contributed by atoms with Crippen LogP contribution in [0.2, 0.25) is 5.02 Å². The lowest BCUT2D eigenvalue weighted by atomic mass is 10.1. The molecule has 0 unspecified atom stereocenters. The lowest BCUT2D eigenvalue weighted by molar-refractivity contribution is 0.921. The Morgan fingerprint density at radius 3 is 2.75 bits per heavy atom. The molecule has 16 heavy (non-hydrogen) atoms. The van der Waals surface area contributed by atoms with Gasteiger partial charge in [-0.15, -0.1) is 0 Å². The van der Waals surface area contributed by atoms with Gasteiger partial charge < -0.3 is 5.73 Å². The Labute approximate surface area is 100 Å². The standard InChI is InChI=1S/C13H15ClN2/c1-3-4-9-6-10-5-8(2)11(14)7-12(10)16-13(9)15/h5-7H,3-4H2,1-2H3,(H2,15,16). The highest BCUT2D eigenvalue weighted by Crippen LogP contribution is 2.25. The number of fused-ring (bicyclic) bond motifs is 1. The van der Waals surface area contributed by atoms with E-state index in [0.29, 0.717) is 5.82 Å². The average Bonchev–Trinajstić information content (AvgIpc) is 2.23. The highest BCUT2D eigenvalue weighted by atomic mass is 35.5. The molecular formula is C13H15ClN2. The van der Waals surface area contributed by atoms with Gasteiger partial charge in [-0.3, -0.25) is 0 Å². The van der Waals surface area contributed by atoms with E-state index in [4.69, 9.17) is 17.3 Å². The van der Waals surface area contributed by atoms with Gasteiger partial charge in [-0.1, -0.05) is 24.9 Å². The first-order valence-electron chi connectivity index (χ1n) is 5.47. The SMILES string of the molecule is CCCc1cc2cc(C)c(Cl)cc2nc1N. The summed E-state index contributed by atoms with van der Waals surface area (Å²) < 4.78 is 0. The number of benzene rings is 1. The first-order valence-corrected chi connectivity index (χ1v) is 5.85. The van der Waals surface area contributed by atoms with Crippen molar-refractivity contribution in [2.24, 2.45) is 0 Å². The van der Waals surface area contributed by atoms with Crippen LogP contribution in [-0.2, 0) is 6.42 Å². The van der Waals surface area contributed by atoms with E-state index in [1.54, 1.807) is 0 Å². The van der Waals surface area contributed by atoms with E-state index in [-0.39, 0.29) is 0 Å². The molecule has 3 heteroatoms. The first-order chi connectivity index (χ1) is 7.61. The molecule has 0 aliphatic heterocycles. The minimum Gasteiger partial charge on any atom is -0.383 e. The average molecular weight is 235 g/mol. The van der Waals surface area contributed by atoms with E-state index >= 15 is 0 Å². The zero-order valence-electron chi connectivity index (χ0n) is 9.55. The second-order valence-electron chi connectivity index (χ2n) is 4.08. The van der Waals surface area contributed by atoms with E-state index < -0.39 is 0 Å². The quantitative estimate of drug-likeness (QED) is 0.860. The predicted octanol–water partition coefficient (Wildman–Crippen LogP) is 3.73. The van der Waals surface area contributed by atoms with Crippen LogP contribution in [0, 0.1) is 6.92 Å². The Bertz CT molecular complexity index is 535. The molecule has 0 fully saturated rings. The maximum atomic E-state index is 6.06. The van der Waals surface area contributed by atoms with Crippen LogP contribution in [0.3, 0.4) is 0 Å². The molecule has 0 aliphatic carbocycles. The van der Waals surface area contributed by atoms with Crippen molar-refractivity contribution in [2.45, 2.75) is 26.7 Å². The Morgan fingerprint density at radius 2 is 2.06 bits per heavy atom. The fourth-order valence-electron chi connectivity index (χ4n) is 1.84. The van der Waals surface area contributed by atoms with Crippen molar-refractivity contribution < 1.29 is 0 Å². The summed E-state index contributed by atoms with van der Waals surface area (Å²) in [6.45, 7) is 4.13. The number of anilines is 1. The monoisotopic (exact) mass is 234 g/mol. The second kappa shape index (κ2) is 4.30. The Balaban J connectivity index is 2.65. The van der Waals surface area contributed by atoms with Crippen molar-refractivity contribution in [3.05, 3.63) is 34.3 Å². The van der Waals surface area contributed by atoms with Crippen LogP contribution in [0.1, 0.15) is 24.5 Å². The number of pyridine rings is 1. The summed E-state index contributed by atoms with van der Waals surface area (Å²) in [5, 5.41) is 1.85. The number of hydrogen-bond acceptors (Lipinski definition) is 2. The van der Waals surface area contributed by atoms with Crippen LogP contribution < -0.4 is 5.73 Å². The number of nitrogens with zero attached hydrogens (tertiary/aromatic N) is 1. The van der Waals surface area contributed by atoms with Crippen molar-refractivity contribution >= 4 is 28.3 Å². The maximum Gasteiger partial charge on any atom is 0.127 e. The second-order valence-corrected chi connectivity index (χ2v) is 4.48. The zero-order valence-corrected chi connectivity index (χ0v) is 10.3. The molecule has 0 saturated heterocycles. The van der Waals surface area contributed by atoms with Gasteiger partial charge in [0.25, 0.3) is 0 Å². The van der Waals surface area contributed by atoms with Gasteiger partial charge in [-0.2, -0.15) is 0 Å². The summed E-state index contributed by atoms with van der Waals surface area (Å²) in [6, 6.07) is 6.05. The third-order valence-electron chi connectivity index (χ3n) is 2.73. The number of aromatic nitrogens is 1. The van der Waals surface area contributed by atoms with Crippen LogP contribution in [0.25, 0.3) is 10.9 Å². The van der Waals surface area contributed by atoms with Gasteiger partial charge in [-0.05, 0) is 42.7 Å². The Hall–Kier alpha value is -1.28. The van der Waals surface area contributed by atoms with Gasteiger partial charge in [-0.25, -0.2) is 4.98 Å². The maximum absolute atomic E-state index is 6.06. The molecule has 0 amide bonds. The van der Waals surface area contributed by atoms with Gasteiger partial charge in [0.2, 0.25) is 0 Å².